The Balaban J connectivity index is 1.47. The highest BCUT2D eigenvalue weighted by molar-refractivity contribution is 9.10. The molecule has 3 aromatic carbocycles. The van der Waals surface area contributed by atoms with Crippen LogP contribution in [0.3, 0.4) is 0 Å². The van der Waals surface area contributed by atoms with E-state index in [0.29, 0.717) is 17.6 Å². The van der Waals surface area contributed by atoms with Crippen molar-refractivity contribution in [3.05, 3.63) is 107 Å². The Morgan fingerprint density at radius 2 is 1.69 bits per heavy atom. The molecule has 0 unspecified atom stereocenters. The van der Waals surface area contributed by atoms with E-state index in [1.54, 1.807) is 6.08 Å². The van der Waals surface area contributed by atoms with Gasteiger partial charge in [-0.05, 0) is 48.0 Å². The Labute approximate surface area is 192 Å². The quantitative estimate of drug-likeness (QED) is 0.225. The van der Waals surface area contributed by atoms with E-state index < -0.39 is 0 Å². The number of carbonyl (C=O) groups is 1. The van der Waals surface area contributed by atoms with Gasteiger partial charge in [0.2, 0.25) is 17.6 Å². The summed E-state index contributed by atoms with van der Waals surface area (Å²) in [7, 11) is 0. The van der Waals surface area contributed by atoms with Crippen LogP contribution < -0.4 is 0 Å². The molecule has 0 saturated carbocycles. The Morgan fingerprint density at radius 3 is 2.50 bits per heavy atom. The molecule has 5 aromatic rings. The van der Waals surface area contributed by atoms with Crippen molar-refractivity contribution in [2.75, 3.05) is 0 Å². The summed E-state index contributed by atoms with van der Waals surface area (Å²) in [6.45, 7) is 0.244. The van der Waals surface area contributed by atoms with Crippen LogP contribution in [0.5, 0.6) is 0 Å². The highest BCUT2D eigenvalue weighted by atomic mass is 79.9. The van der Waals surface area contributed by atoms with Crippen LogP contribution in [0.25, 0.3) is 28.6 Å². The fourth-order valence-electron chi connectivity index (χ4n) is 3.39. The van der Waals surface area contributed by atoms with Gasteiger partial charge in [0.25, 0.3) is 0 Å². The van der Waals surface area contributed by atoms with Crippen LogP contribution in [0.4, 0.5) is 0 Å². The lowest BCUT2D eigenvalue weighted by Gasteiger charge is -2.04. The standard InChI is InChI=1S/C25H17BrN4O2/c26-19-13-10-17(11-14-19)12-15-22(31)24-27-20-8-4-5-9-21(20)30(24)16-23-28-29-25(32-23)18-6-2-1-3-7-18/h1-15H,16H2. The molecule has 156 valence electrons. The number of ketones is 1. The van der Waals surface area contributed by atoms with Gasteiger partial charge < -0.3 is 8.98 Å². The number of carbonyl (C=O) groups excluding carboxylic acids is 1. The van der Waals surface area contributed by atoms with Crippen LogP contribution in [0.2, 0.25) is 0 Å². The maximum atomic E-state index is 13.0. The van der Waals surface area contributed by atoms with Gasteiger partial charge in [0.05, 0.1) is 11.0 Å². The molecule has 0 N–H and O–H groups in total. The molecule has 0 atom stereocenters. The molecular formula is C25H17BrN4O2. The van der Waals surface area contributed by atoms with E-state index >= 15 is 0 Å². The normalized spacial score (nSPS) is 11.4. The summed E-state index contributed by atoms with van der Waals surface area (Å²) in [6.07, 6.45) is 3.31. The fraction of sp³-hybridized carbons (Fsp3) is 0.0400. The smallest absolute Gasteiger partial charge is 0.247 e. The molecule has 0 aliphatic carbocycles. The number of rotatable bonds is 6. The Kier molecular flexibility index (Phi) is 5.47. The Hall–Kier alpha value is -3.84. The molecule has 2 aromatic heterocycles. The predicted octanol–water partition coefficient (Wildman–Crippen LogP) is 5.79. The molecule has 2 heterocycles. The van der Waals surface area contributed by atoms with Crippen molar-refractivity contribution in [3.63, 3.8) is 0 Å². The van der Waals surface area contributed by atoms with Crippen molar-refractivity contribution in [2.45, 2.75) is 6.54 Å². The summed E-state index contributed by atoms with van der Waals surface area (Å²) in [5.74, 6) is 0.955. The van der Waals surface area contributed by atoms with Crippen LogP contribution in [0, 0.1) is 0 Å². The first kappa shape index (κ1) is 20.1. The topological polar surface area (TPSA) is 73.8 Å². The first-order valence-electron chi connectivity index (χ1n) is 9.98. The summed E-state index contributed by atoms with van der Waals surface area (Å²) < 4.78 is 8.66. The molecule has 0 spiro atoms. The molecule has 0 radical (unpaired) electrons. The molecule has 0 saturated heterocycles. The van der Waals surface area contributed by atoms with Gasteiger partial charge in [0.1, 0.15) is 6.54 Å². The zero-order chi connectivity index (χ0) is 21.9. The second-order valence-corrected chi connectivity index (χ2v) is 8.04. The van der Waals surface area contributed by atoms with Gasteiger partial charge in [-0.3, -0.25) is 4.79 Å². The zero-order valence-electron chi connectivity index (χ0n) is 16.9. The number of aromatic nitrogens is 4. The van der Waals surface area contributed by atoms with Crippen LogP contribution >= 0.6 is 15.9 Å². The van der Waals surface area contributed by atoms with Crippen molar-refractivity contribution >= 4 is 38.8 Å². The van der Waals surface area contributed by atoms with Gasteiger partial charge in [0, 0.05) is 10.0 Å². The number of benzene rings is 3. The lowest BCUT2D eigenvalue weighted by atomic mass is 10.2. The number of hydrogen-bond donors (Lipinski definition) is 0. The van der Waals surface area contributed by atoms with Gasteiger partial charge in [-0.25, -0.2) is 4.98 Å². The second-order valence-electron chi connectivity index (χ2n) is 7.13. The minimum Gasteiger partial charge on any atom is -0.419 e. The highest BCUT2D eigenvalue weighted by Gasteiger charge is 2.18. The first-order chi connectivity index (χ1) is 15.7. The van der Waals surface area contributed by atoms with E-state index in [1.165, 1.54) is 6.08 Å². The van der Waals surface area contributed by atoms with Crippen LogP contribution in [-0.2, 0) is 6.54 Å². The second kappa shape index (κ2) is 8.72. The molecule has 5 rings (SSSR count). The van der Waals surface area contributed by atoms with Crippen molar-refractivity contribution < 1.29 is 9.21 Å². The lowest BCUT2D eigenvalue weighted by molar-refractivity contribution is 0.103. The lowest BCUT2D eigenvalue weighted by Crippen LogP contribution is -2.10. The van der Waals surface area contributed by atoms with Crippen LogP contribution in [0.15, 0.2) is 93.8 Å². The van der Waals surface area contributed by atoms with Crippen molar-refractivity contribution in [3.8, 4) is 11.5 Å². The summed E-state index contributed by atoms with van der Waals surface area (Å²) in [5.41, 5.74) is 3.33. The highest BCUT2D eigenvalue weighted by Crippen LogP contribution is 2.21. The van der Waals surface area contributed by atoms with Gasteiger partial charge in [-0.15, -0.1) is 10.2 Å². The van der Waals surface area contributed by atoms with Gasteiger partial charge in [-0.1, -0.05) is 64.5 Å². The number of halogens is 1. The van der Waals surface area contributed by atoms with E-state index in [9.17, 15) is 4.79 Å². The van der Waals surface area contributed by atoms with Gasteiger partial charge in [0.15, 0.2) is 5.82 Å². The van der Waals surface area contributed by atoms with Gasteiger partial charge >= 0.3 is 0 Å². The summed E-state index contributed by atoms with van der Waals surface area (Å²) in [5, 5.41) is 8.33. The van der Waals surface area contributed by atoms with Gasteiger partial charge in [-0.2, -0.15) is 0 Å². The number of fused-ring (bicyclic) bond motifs is 1. The maximum absolute atomic E-state index is 13.0. The van der Waals surface area contributed by atoms with Crippen LogP contribution in [-0.4, -0.2) is 25.5 Å². The largest absolute Gasteiger partial charge is 0.419 e. The minimum atomic E-state index is -0.202. The van der Waals surface area contributed by atoms with E-state index in [0.717, 1.165) is 26.6 Å². The SMILES string of the molecule is O=C(C=Cc1ccc(Br)cc1)c1nc2ccccc2n1Cc1nnc(-c2ccccc2)o1. The molecule has 32 heavy (non-hydrogen) atoms. The summed E-state index contributed by atoms with van der Waals surface area (Å²) in [4.78, 5) is 17.6. The van der Waals surface area contributed by atoms with E-state index in [4.69, 9.17) is 4.42 Å². The number of nitrogens with zero attached hydrogens (tertiary/aromatic N) is 4. The third-order valence-corrected chi connectivity index (χ3v) is 5.48. The average Bonchev–Trinajstić information content (AvgIpc) is 3.45. The number of allylic oxidation sites excluding steroid dienone is 1. The third-order valence-electron chi connectivity index (χ3n) is 4.95. The maximum Gasteiger partial charge on any atom is 0.247 e. The first-order valence-corrected chi connectivity index (χ1v) is 10.8. The molecule has 0 aliphatic rings. The molecule has 0 bridgehead atoms. The third kappa shape index (κ3) is 4.15. The molecular weight excluding hydrogens is 468 g/mol. The number of imidazole rings is 1. The zero-order valence-corrected chi connectivity index (χ0v) is 18.4. The average molecular weight is 485 g/mol. The summed E-state index contributed by atoms with van der Waals surface area (Å²) >= 11 is 3.42. The van der Waals surface area contributed by atoms with E-state index in [2.05, 4.69) is 31.1 Å². The van der Waals surface area contributed by atoms with E-state index in [1.807, 2.05) is 83.4 Å². The minimum absolute atomic E-state index is 0.202. The fourth-order valence-corrected chi connectivity index (χ4v) is 3.66. The predicted molar refractivity (Wildman–Crippen MR) is 126 cm³/mol. The molecule has 0 fully saturated rings. The number of hydrogen-bond acceptors (Lipinski definition) is 5. The molecule has 0 aliphatic heterocycles. The van der Waals surface area contributed by atoms with E-state index in [-0.39, 0.29) is 12.3 Å². The van der Waals surface area contributed by atoms with Crippen molar-refractivity contribution in [1.82, 2.24) is 19.7 Å². The molecule has 0 amide bonds. The molecule has 6 nitrogen and oxygen atoms in total. The number of para-hydroxylation sites is 2. The van der Waals surface area contributed by atoms with Crippen LogP contribution in [0.1, 0.15) is 22.1 Å². The monoisotopic (exact) mass is 484 g/mol. The van der Waals surface area contributed by atoms with Crippen molar-refractivity contribution in [2.24, 2.45) is 0 Å². The summed E-state index contributed by atoms with van der Waals surface area (Å²) in [6, 6.07) is 24.9. The Morgan fingerprint density at radius 1 is 0.938 bits per heavy atom. The molecule has 7 heteroatoms. The Bertz CT molecular complexity index is 1420. The van der Waals surface area contributed by atoms with Crippen molar-refractivity contribution in [1.29, 1.82) is 0 Å².